The molecule has 0 aliphatic heterocycles. The fourth-order valence-corrected chi connectivity index (χ4v) is 4.84. The second-order valence-electron chi connectivity index (χ2n) is 8.64. The fraction of sp³-hybridized carbons (Fsp3) is 0. The smallest absolute Gasteiger partial charge is 0.160 e. The van der Waals surface area contributed by atoms with Crippen LogP contribution in [0.25, 0.3) is 66.6 Å². The molecule has 164 valence electrons. The maximum atomic E-state index is 6.13. The Balaban J connectivity index is 1.51. The lowest BCUT2D eigenvalue weighted by Gasteiger charge is -2.11. The number of para-hydroxylation sites is 1. The molecule has 0 N–H and O–H groups in total. The quantitative estimate of drug-likeness (QED) is 0.272. The molecule has 0 bridgehead atoms. The molecular weight excluding hydrogens is 428 g/mol. The zero-order chi connectivity index (χ0) is 23.2. The van der Waals surface area contributed by atoms with Crippen molar-refractivity contribution in [3.05, 3.63) is 121 Å². The molecular formula is C32H20N2O. The molecule has 0 saturated carbocycles. The van der Waals surface area contributed by atoms with E-state index in [4.69, 9.17) is 14.4 Å². The van der Waals surface area contributed by atoms with Crippen molar-refractivity contribution in [1.82, 2.24) is 9.97 Å². The summed E-state index contributed by atoms with van der Waals surface area (Å²) in [6, 6.07) is 41.4. The molecule has 7 aromatic rings. The molecule has 35 heavy (non-hydrogen) atoms. The second kappa shape index (κ2) is 7.93. The van der Waals surface area contributed by atoms with Crippen LogP contribution in [0.5, 0.6) is 0 Å². The molecule has 0 aliphatic carbocycles. The summed E-state index contributed by atoms with van der Waals surface area (Å²) in [6.45, 7) is 0. The minimum Gasteiger partial charge on any atom is -0.456 e. The number of hydrogen-bond acceptors (Lipinski definition) is 3. The van der Waals surface area contributed by atoms with Crippen LogP contribution in [0, 0.1) is 0 Å². The van der Waals surface area contributed by atoms with Gasteiger partial charge in [-0.2, -0.15) is 0 Å². The third kappa shape index (κ3) is 3.29. The van der Waals surface area contributed by atoms with Gasteiger partial charge in [-0.1, -0.05) is 97.1 Å². The minimum atomic E-state index is 0.723. The highest BCUT2D eigenvalue weighted by molar-refractivity contribution is 6.13. The van der Waals surface area contributed by atoms with E-state index in [-0.39, 0.29) is 0 Å². The van der Waals surface area contributed by atoms with Gasteiger partial charge in [-0.05, 0) is 35.4 Å². The van der Waals surface area contributed by atoms with Crippen molar-refractivity contribution < 1.29 is 4.42 Å². The number of benzene rings is 5. The predicted molar refractivity (Wildman–Crippen MR) is 143 cm³/mol. The van der Waals surface area contributed by atoms with Crippen LogP contribution in [0.1, 0.15) is 0 Å². The van der Waals surface area contributed by atoms with Gasteiger partial charge in [0.1, 0.15) is 11.2 Å². The summed E-state index contributed by atoms with van der Waals surface area (Å²) in [6.07, 6.45) is 0. The van der Waals surface area contributed by atoms with E-state index in [1.807, 2.05) is 54.6 Å². The second-order valence-corrected chi connectivity index (χ2v) is 8.64. The summed E-state index contributed by atoms with van der Waals surface area (Å²) in [5.74, 6) is 0.723. The van der Waals surface area contributed by atoms with Gasteiger partial charge in [-0.3, -0.25) is 0 Å². The molecule has 5 aromatic carbocycles. The van der Waals surface area contributed by atoms with Crippen LogP contribution < -0.4 is 0 Å². The molecule has 0 aliphatic rings. The Kier molecular flexibility index (Phi) is 4.46. The van der Waals surface area contributed by atoms with Gasteiger partial charge in [0.2, 0.25) is 0 Å². The number of furan rings is 1. The van der Waals surface area contributed by atoms with Crippen LogP contribution in [-0.4, -0.2) is 9.97 Å². The van der Waals surface area contributed by atoms with Crippen molar-refractivity contribution in [2.75, 3.05) is 0 Å². The summed E-state index contributed by atoms with van der Waals surface area (Å²) in [7, 11) is 0. The molecule has 3 heteroatoms. The SMILES string of the molecule is c1ccc(-c2nc(-c3ccccc3)c3ccc(-c4cccc5oc6ccccc6c45)cc3n2)cc1. The highest BCUT2D eigenvalue weighted by Crippen LogP contribution is 2.38. The first kappa shape index (κ1) is 19.7. The van der Waals surface area contributed by atoms with Crippen molar-refractivity contribution in [1.29, 1.82) is 0 Å². The van der Waals surface area contributed by atoms with Crippen molar-refractivity contribution in [2.24, 2.45) is 0 Å². The van der Waals surface area contributed by atoms with Crippen LogP contribution in [0.3, 0.4) is 0 Å². The molecule has 0 spiro atoms. The van der Waals surface area contributed by atoms with E-state index in [9.17, 15) is 0 Å². The molecule has 2 aromatic heterocycles. The Morgan fingerprint density at radius 2 is 1.20 bits per heavy atom. The average molecular weight is 449 g/mol. The summed E-state index contributed by atoms with van der Waals surface area (Å²) < 4.78 is 6.13. The van der Waals surface area contributed by atoms with Gasteiger partial charge < -0.3 is 4.42 Å². The topological polar surface area (TPSA) is 38.9 Å². The lowest BCUT2D eigenvalue weighted by Crippen LogP contribution is -1.95. The fourth-order valence-electron chi connectivity index (χ4n) is 4.84. The standard InChI is InChI=1S/C32H20N2O/c1-3-10-21(11-4-1)31-25-19-18-23(20-27(25)33-32(34-31)22-12-5-2-6-13-22)24-15-9-17-29-30(24)26-14-7-8-16-28(26)35-29/h1-20H. The number of aromatic nitrogens is 2. The van der Waals surface area contributed by atoms with Gasteiger partial charge in [0.05, 0.1) is 11.2 Å². The molecule has 0 unspecified atom stereocenters. The van der Waals surface area contributed by atoms with Gasteiger partial charge in [0.15, 0.2) is 5.82 Å². The van der Waals surface area contributed by atoms with E-state index in [2.05, 4.69) is 66.7 Å². The Morgan fingerprint density at radius 1 is 0.486 bits per heavy atom. The van der Waals surface area contributed by atoms with Crippen LogP contribution in [-0.2, 0) is 0 Å². The average Bonchev–Trinajstić information content (AvgIpc) is 3.32. The first-order chi connectivity index (χ1) is 17.3. The summed E-state index contributed by atoms with van der Waals surface area (Å²) >= 11 is 0. The Morgan fingerprint density at radius 3 is 2.03 bits per heavy atom. The molecule has 0 atom stereocenters. The van der Waals surface area contributed by atoms with Crippen molar-refractivity contribution in [2.45, 2.75) is 0 Å². The van der Waals surface area contributed by atoms with E-state index >= 15 is 0 Å². The number of fused-ring (bicyclic) bond motifs is 4. The van der Waals surface area contributed by atoms with Crippen LogP contribution in [0.15, 0.2) is 126 Å². The predicted octanol–water partition coefficient (Wildman–Crippen LogP) is 8.53. The lowest BCUT2D eigenvalue weighted by molar-refractivity contribution is 0.669. The summed E-state index contributed by atoms with van der Waals surface area (Å²) in [4.78, 5) is 10.0. The summed E-state index contributed by atoms with van der Waals surface area (Å²) in [5, 5.41) is 3.28. The third-order valence-corrected chi connectivity index (χ3v) is 6.49. The molecule has 0 radical (unpaired) electrons. The van der Waals surface area contributed by atoms with Gasteiger partial charge >= 0.3 is 0 Å². The largest absolute Gasteiger partial charge is 0.456 e. The molecule has 2 heterocycles. The summed E-state index contributed by atoms with van der Waals surface area (Å²) in [5.41, 5.74) is 7.96. The number of hydrogen-bond donors (Lipinski definition) is 0. The molecule has 3 nitrogen and oxygen atoms in total. The normalized spacial score (nSPS) is 11.4. The highest BCUT2D eigenvalue weighted by Gasteiger charge is 2.15. The zero-order valence-corrected chi connectivity index (χ0v) is 18.8. The van der Waals surface area contributed by atoms with E-state index < -0.39 is 0 Å². The molecule has 0 saturated heterocycles. The van der Waals surface area contributed by atoms with E-state index in [0.717, 1.165) is 66.6 Å². The van der Waals surface area contributed by atoms with E-state index in [0.29, 0.717) is 0 Å². The highest BCUT2D eigenvalue weighted by atomic mass is 16.3. The zero-order valence-electron chi connectivity index (χ0n) is 18.8. The van der Waals surface area contributed by atoms with Gasteiger partial charge in [-0.15, -0.1) is 0 Å². The first-order valence-electron chi connectivity index (χ1n) is 11.7. The first-order valence-corrected chi connectivity index (χ1v) is 11.7. The van der Waals surface area contributed by atoms with Crippen LogP contribution in [0.4, 0.5) is 0 Å². The van der Waals surface area contributed by atoms with Crippen LogP contribution in [0.2, 0.25) is 0 Å². The Hall–Kier alpha value is -4.76. The molecule has 0 amide bonds. The Bertz CT molecular complexity index is 1840. The lowest BCUT2D eigenvalue weighted by atomic mass is 9.97. The van der Waals surface area contributed by atoms with Crippen molar-refractivity contribution >= 4 is 32.8 Å². The minimum absolute atomic E-state index is 0.723. The van der Waals surface area contributed by atoms with Crippen molar-refractivity contribution in [3.8, 4) is 33.8 Å². The molecule has 7 rings (SSSR count). The van der Waals surface area contributed by atoms with E-state index in [1.165, 1.54) is 0 Å². The van der Waals surface area contributed by atoms with E-state index in [1.54, 1.807) is 0 Å². The Labute approximate surface area is 202 Å². The number of rotatable bonds is 3. The third-order valence-electron chi connectivity index (χ3n) is 6.49. The maximum absolute atomic E-state index is 6.13. The number of nitrogens with zero attached hydrogens (tertiary/aromatic N) is 2. The monoisotopic (exact) mass is 448 g/mol. The van der Waals surface area contributed by atoms with Crippen LogP contribution >= 0.6 is 0 Å². The van der Waals surface area contributed by atoms with Gasteiger partial charge in [0.25, 0.3) is 0 Å². The van der Waals surface area contributed by atoms with Gasteiger partial charge in [-0.25, -0.2) is 9.97 Å². The van der Waals surface area contributed by atoms with Gasteiger partial charge in [0, 0.05) is 27.3 Å². The maximum Gasteiger partial charge on any atom is 0.160 e. The molecule has 0 fully saturated rings. The van der Waals surface area contributed by atoms with Crippen molar-refractivity contribution in [3.63, 3.8) is 0 Å².